The Bertz CT molecular complexity index is 428. The fraction of sp³-hybridized carbons (Fsp3) is 0.571. The molecule has 1 saturated heterocycles. The van der Waals surface area contributed by atoms with Crippen LogP contribution in [-0.4, -0.2) is 20.8 Å². The normalized spacial score (nSPS) is 19.0. The molecule has 1 aliphatic rings. The fourth-order valence-corrected chi connectivity index (χ4v) is 3.41. The van der Waals surface area contributed by atoms with Crippen molar-refractivity contribution in [1.82, 2.24) is 5.32 Å². The van der Waals surface area contributed by atoms with Crippen LogP contribution in [-0.2, 0) is 6.42 Å². The van der Waals surface area contributed by atoms with Gasteiger partial charge in [-0.25, -0.2) is 0 Å². The van der Waals surface area contributed by atoms with Crippen LogP contribution >= 0.6 is 15.9 Å². The smallest absolute Gasteiger partial charge is 0.166 e. The highest BCUT2D eigenvalue weighted by molar-refractivity contribution is 9.10. The highest BCUT2D eigenvalue weighted by Crippen LogP contribution is 2.44. The molecule has 4 heteroatoms. The minimum atomic E-state index is 0.356. The summed E-state index contributed by atoms with van der Waals surface area (Å²) in [6.45, 7) is 3.22. The van der Waals surface area contributed by atoms with E-state index in [0.29, 0.717) is 6.04 Å². The van der Waals surface area contributed by atoms with Crippen molar-refractivity contribution in [3.05, 3.63) is 21.7 Å². The molecule has 1 aromatic rings. The first-order valence-electron chi connectivity index (χ1n) is 6.39. The van der Waals surface area contributed by atoms with Gasteiger partial charge in [0.05, 0.1) is 14.2 Å². The van der Waals surface area contributed by atoms with Gasteiger partial charge in [0.25, 0.3) is 0 Å². The topological polar surface area (TPSA) is 30.5 Å². The molecule has 1 N–H and O–H groups in total. The van der Waals surface area contributed by atoms with E-state index in [-0.39, 0.29) is 0 Å². The van der Waals surface area contributed by atoms with Gasteiger partial charge in [0.2, 0.25) is 0 Å². The molecule has 1 aliphatic heterocycles. The van der Waals surface area contributed by atoms with E-state index in [4.69, 9.17) is 9.47 Å². The summed E-state index contributed by atoms with van der Waals surface area (Å²) in [5, 5.41) is 3.53. The molecule has 0 amide bonds. The molecule has 0 aromatic heterocycles. The van der Waals surface area contributed by atoms with Gasteiger partial charge in [0.15, 0.2) is 11.5 Å². The van der Waals surface area contributed by atoms with Gasteiger partial charge in [0, 0.05) is 16.1 Å². The van der Waals surface area contributed by atoms with E-state index in [2.05, 4.69) is 34.2 Å². The van der Waals surface area contributed by atoms with Gasteiger partial charge in [-0.1, -0.05) is 22.9 Å². The summed E-state index contributed by atoms with van der Waals surface area (Å²) in [5.41, 5.74) is 2.46. The van der Waals surface area contributed by atoms with Crippen molar-refractivity contribution in [2.24, 2.45) is 0 Å². The van der Waals surface area contributed by atoms with Gasteiger partial charge >= 0.3 is 0 Å². The number of hydrogen-bond donors (Lipinski definition) is 1. The summed E-state index contributed by atoms with van der Waals surface area (Å²) in [4.78, 5) is 0. The number of benzene rings is 1. The molecule has 1 fully saturated rings. The van der Waals surface area contributed by atoms with Crippen LogP contribution in [0.2, 0.25) is 0 Å². The van der Waals surface area contributed by atoms with Crippen LogP contribution in [0.1, 0.15) is 36.9 Å². The van der Waals surface area contributed by atoms with Crippen molar-refractivity contribution in [1.29, 1.82) is 0 Å². The first kappa shape index (κ1) is 13.7. The Morgan fingerprint density at radius 2 is 2.17 bits per heavy atom. The lowest BCUT2D eigenvalue weighted by molar-refractivity contribution is 0.347. The average molecular weight is 314 g/mol. The number of nitrogens with one attached hydrogen (secondary N) is 1. The van der Waals surface area contributed by atoms with Crippen molar-refractivity contribution < 1.29 is 9.47 Å². The van der Waals surface area contributed by atoms with Crippen LogP contribution in [0.5, 0.6) is 11.5 Å². The van der Waals surface area contributed by atoms with Gasteiger partial charge < -0.3 is 14.8 Å². The molecule has 1 unspecified atom stereocenters. The molecule has 18 heavy (non-hydrogen) atoms. The third-order valence-corrected chi connectivity index (χ3v) is 4.44. The third kappa shape index (κ3) is 2.36. The minimum absolute atomic E-state index is 0.356. The number of ether oxygens (including phenoxy) is 2. The quantitative estimate of drug-likeness (QED) is 0.923. The molecule has 2 rings (SSSR count). The molecule has 0 spiro atoms. The molecule has 0 aliphatic carbocycles. The number of hydrogen-bond acceptors (Lipinski definition) is 3. The maximum absolute atomic E-state index is 5.57. The zero-order valence-electron chi connectivity index (χ0n) is 11.2. The van der Waals surface area contributed by atoms with Crippen LogP contribution in [0, 0.1) is 0 Å². The molecule has 1 atom stereocenters. The summed E-state index contributed by atoms with van der Waals surface area (Å²) in [6.07, 6.45) is 3.32. The maximum Gasteiger partial charge on any atom is 0.166 e. The largest absolute Gasteiger partial charge is 0.493 e. The average Bonchev–Trinajstić information content (AvgIpc) is 2.91. The Kier molecular flexibility index (Phi) is 4.51. The van der Waals surface area contributed by atoms with Crippen molar-refractivity contribution in [3.8, 4) is 11.5 Å². The Hall–Kier alpha value is -0.740. The molecule has 0 radical (unpaired) electrons. The summed E-state index contributed by atoms with van der Waals surface area (Å²) < 4.78 is 12.2. The van der Waals surface area contributed by atoms with Crippen LogP contribution in [0.4, 0.5) is 0 Å². The molecular formula is C14H20BrNO2. The van der Waals surface area contributed by atoms with Crippen LogP contribution in [0.25, 0.3) is 0 Å². The van der Waals surface area contributed by atoms with Crippen LogP contribution in [0.3, 0.4) is 0 Å². The van der Waals surface area contributed by atoms with E-state index in [1.54, 1.807) is 14.2 Å². The predicted molar refractivity (Wildman–Crippen MR) is 76.6 cm³/mol. The highest BCUT2D eigenvalue weighted by atomic mass is 79.9. The van der Waals surface area contributed by atoms with E-state index >= 15 is 0 Å². The number of rotatable bonds is 4. The van der Waals surface area contributed by atoms with Gasteiger partial charge in [0.1, 0.15) is 0 Å². The van der Waals surface area contributed by atoms with Gasteiger partial charge in [-0.15, -0.1) is 0 Å². The minimum Gasteiger partial charge on any atom is -0.493 e. The van der Waals surface area contributed by atoms with Crippen LogP contribution in [0.15, 0.2) is 10.5 Å². The lowest BCUT2D eigenvalue weighted by Crippen LogP contribution is -2.15. The number of aryl methyl sites for hydroxylation is 1. The molecule has 1 heterocycles. The standard InChI is InChI=1S/C14H20BrNO2/c1-4-9-8-11(17-2)14(18-3)12(13(9)15)10-6-5-7-16-10/h8,10,16H,4-7H2,1-3H3. The first-order valence-corrected chi connectivity index (χ1v) is 7.18. The van der Waals surface area contributed by atoms with Crippen LogP contribution < -0.4 is 14.8 Å². The zero-order chi connectivity index (χ0) is 13.1. The summed E-state index contributed by atoms with van der Waals surface area (Å²) >= 11 is 3.73. The van der Waals surface area contributed by atoms with Crippen molar-refractivity contribution in [2.45, 2.75) is 32.2 Å². The third-order valence-electron chi connectivity index (χ3n) is 3.51. The molecule has 1 aromatic carbocycles. The second-order valence-electron chi connectivity index (χ2n) is 4.50. The van der Waals surface area contributed by atoms with E-state index in [9.17, 15) is 0 Å². The van der Waals surface area contributed by atoms with E-state index in [1.165, 1.54) is 17.5 Å². The second-order valence-corrected chi connectivity index (χ2v) is 5.29. The monoisotopic (exact) mass is 313 g/mol. The molecule has 100 valence electrons. The Balaban J connectivity index is 2.57. The lowest BCUT2D eigenvalue weighted by atomic mass is 9.99. The number of methoxy groups -OCH3 is 2. The van der Waals surface area contributed by atoms with Crippen molar-refractivity contribution in [3.63, 3.8) is 0 Å². The highest BCUT2D eigenvalue weighted by Gasteiger charge is 2.26. The molecule has 0 saturated carbocycles. The molecular weight excluding hydrogens is 294 g/mol. The molecule has 0 bridgehead atoms. The second kappa shape index (κ2) is 5.93. The summed E-state index contributed by atoms with van der Waals surface area (Å²) in [7, 11) is 3.39. The molecule has 3 nitrogen and oxygen atoms in total. The Morgan fingerprint density at radius 3 is 2.67 bits per heavy atom. The van der Waals surface area contributed by atoms with Gasteiger partial charge in [-0.05, 0) is 37.4 Å². The maximum atomic E-state index is 5.57. The fourth-order valence-electron chi connectivity index (χ4n) is 2.55. The van der Waals surface area contributed by atoms with Gasteiger partial charge in [-0.3, -0.25) is 0 Å². The van der Waals surface area contributed by atoms with Crippen molar-refractivity contribution in [2.75, 3.05) is 20.8 Å². The summed E-state index contributed by atoms with van der Waals surface area (Å²) in [6, 6.07) is 2.41. The van der Waals surface area contributed by atoms with E-state index < -0.39 is 0 Å². The lowest BCUT2D eigenvalue weighted by Gasteiger charge is -2.21. The zero-order valence-corrected chi connectivity index (χ0v) is 12.8. The Labute approximate surface area is 117 Å². The van der Waals surface area contributed by atoms with E-state index in [1.807, 2.05) is 0 Å². The number of halogens is 1. The Morgan fingerprint density at radius 1 is 1.39 bits per heavy atom. The van der Waals surface area contributed by atoms with Gasteiger partial charge in [-0.2, -0.15) is 0 Å². The first-order chi connectivity index (χ1) is 8.72. The SMILES string of the molecule is CCc1cc(OC)c(OC)c(C2CCCN2)c1Br. The van der Waals surface area contributed by atoms with E-state index in [0.717, 1.165) is 35.4 Å². The summed E-state index contributed by atoms with van der Waals surface area (Å²) in [5.74, 6) is 1.67. The predicted octanol–water partition coefficient (Wildman–Crippen LogP) is 3.45. The van der Waals surface area contributed by atoms with Crippen molar-refractivity contribution >= 4 is 15.9 Å².